The van der Waals surface area contributed by atoms with Crippen LogP contribution in [0.3, 0.4) is 0 Å². The first-order chi connectivity index (χ1) is 15.9. The van der Waals surface area contributed by atoms with Crippen LogP contribution in [0.5, 0.6) is 5.75 Å². The number of amides is 2. The molecule has 2 amide bonds. The molecule has 0 saturated heterocycles. The van der Waals surface area contributed by atoms with Gasteiger partial charge in [-0.05, 0) is 55.2 Å². The number of nitrogens with zero attached hydrogens (tertiary/aromatic N) is 5. The van der Waals surface area contributed by atoms with Gasteiger partial charge in [0.15, 0.2) is 5.82 Å². The number of rotatable bonds is 4. The van der Waals surface area contributed by atoms with Gasteiger partial charge in [0.25, 0.3) is 5.91 Å². The summed E-state index contributed by atoms with van der Waals surface area (Å²) >= 11 is 0. The molecule has 1 aromatic carbocycles. The highest BCUT2D eigenvalue weighted by atomic mass is 16.5. The van der Waals surface area contributed by atoms with Crippen molar-refractivity contribution < 1.29 is 19.4 Å². The lowest BCUT2D eigenvalue weighted by Crippen LogP contribution is -2.35. The molecule has 10 nitrogen and oxygen atoms in total. The number of hydrogen-bond acceptors (Lipinski definition) is 6. The van der Waals surface area contributed by atoms with Gasteiger partial charge in [0, 0.05) is 25.6 Å². The quantitative estimate of drug-likeness (QED) is 0.629. The molecule has 3 aromatic rings. The number of carbonyl (C=O) groups excluding carboxylic acids is 1. The van der Waals surface area contributed by atoms with Crippen LogP contribution < -0.4 is 10.1 Å². The second kappa shape index (κ2) is 8.19. The molecule has 10 heteroatoms. The van der Waals surface area contributed by atoms with Gasteiger partial charge in [-0.2, -0.15) is 0 Å². The molecule has 2 aromatic heterocycles. The number of methoxy groups -OCH3 is 1. The van der Waals surface area contributed by atoms with Crippen LogP contribution in [-0.2, 0) is 19.4 Å². The van der Waals surface area contributed by atoms with E-state index < -0.39 is 6.09 Å². The maximum Gasteiger partial charge on any atom is 0.407 e. The zero-order valence-electron chi connectivity index (χ0n) is 18.4. The van der Waals surface area contributed by atoms with Gasteiger partial charge in [-0.1, -0.05) is 6.07 Å². The normalized spacial score (nSPS) is 16.8. The van der Waals surface area contributed by atoms with Gasteiger partial charge in [-0.25, -0.2) is 9.78 Å². The van der Waals surface area contributed by atoms with Crippen molar-refractivity contribution in [2.75, 3.05) is 19.0 Å². The predicted molar refractivity (Wildman–Crippen MR) is 119 cm³/mol. The van der Waals surface area contributed by atoms with E-state index in [-0.39, 0.29) is 12.5 Å². The maximum absolute atomic E-state index is 13.1. The van der Waals surface area contributed by atoms with Crippen LogP contribution in [0, 0.1) is 0 Å². The summed E-state index contributed by atoms with van der Waals surface area (Å²) in [6.07, 6.45) is 1.51. The minimum atomic E-state index is -0.974. The van der Waals surface area contributed by atoms with Crippen molar-refractivity contribution in [3.63, 3.8) is 0 Å². The number of pyridine rings is 1. The van der Waals surface area contributed by atoms with Crippen molar-refractivity contribution in [1.29, 1.82) is 0 Å². The lowest BCUT2D eigenvalue weighted by molar-refractivity contribution is 0.102. The van der Waals surface area contributed by atoms with Crippen LogP contribution in [0.2, 0.25) is 0 Å². The zero-order valence-corrected chi connectivity index (χ0v) is 18.4. The molecule has 0 saturated carbocycles. The monoisotopic (exact) mass is 448 g/mol. The number of benzene rings is 1. The molecule has 0 radical (unpaired) electrons. The van der Waals surface area contributed by atoms with E-state index in [0.29, 0.717) is 47.7 Å². The Hall–Kier alpha value is -3.95. The Morgan fingerprint density at radius 3 is 2.82 bits per heavy atom. The molecule has 2 N–H and O–H groups in total. The number of hydrogen-bond donors (Lipinski definition) is 2. The molecule has 170 valence electrons. The van der Waals surface area contributed by atoms with Gasteiger partial charge in [-0.15, -0.1) is 10.2 Å². The van der Waals surface area contributed by atoms with E-state index in [0.717, 1.165) is 29.8 Å². The fraction of sp³-hybridized carbons (Fsp3) is 0.348. The molecule has 0 aliphatic carbocycles. The Bertz CT molecular complexity index is 1250. The van der Waals surface area contributed by atoms with Crippen molar-refractivity contribution in [3.05, 3.63) is 52.8 Å². The molecule has 0 spiro atoms. The number of aryl methyl sites for hydroxylation is 1. The first-order valence-corrected chi connectivity index (χ1v) is 10.8. The van der Waals surface area contributed by atoms with Crippen LogP contribution in [0.1, 0.15) is 46.7 Å². The van der Waals surface area contributed by atoms with Crippen LogP contribution >= 0.6 is 0 Å². The van der Waals surface area contributed by atoms with Crippen LogP contribution in [-0.4, -0.2) is 55.4 Å². The summed E-state index contributed by atoms with van der Waals surface area (Å²) in [4.78, 5) is 30.4. The Balaban J connectivity index is 1.42. The SMILES string of the molecule is COc1cc2c(cc1C(=O)Nc1cccc(-c3nnc4n3[C@H](C)CC4)n1)CN(C(=O)O)CC2. The van der Waals surface area contributed by atoms with Crippen molar-refractivity contribution in [3.8, 4) is 17.3 Å². The highest BCUT2D eigenvalue weighted by Crippen LogP contribution is 2.31. The zero-order chi connectivity index (χ0) is 23.1. The van der Waals surface area contributed by atoms with Gasteiger partial charge >= 0.3 is 6.09 Å². The topological polar surface area (TPSA) is 122 Å². The van der Waals surface area contributed by atoms with Crippen LogP contribution in [0.4, 0.5) is 10.6 Å². The largest absolute Gasteiger partial charge is 0.496 e. The first-order valence-electron chi connectivity index (χ1n) is 10.8. The van der Waals surface area contributed by atoms with Crippen molar-refractivity contribution in [1.82, 2.24) is 24.6 Å². The molecule has 2 aliphatic rings. The Morgan fingerprint density at radius 1 is 1.18 bits per heavy atom. The summed E-state index contributed by atoms with van der Waals surface area (Å²) in [5.41, 5.74) is 2.74. The van der Waals surface area contributed by atoms with Gasteiger partial charge in [-0.3, -0.25) is 4.79 Å². The smallest absolute Gasteiger partial charge is 0.407 e. The van der Waals surface area contributed by atoms with E-state index >= 15 is 0 Å². The highest BCUT2D eigenvalue weighted by Gasteiger charge is 2.26. The molecular formula is C23H24N6O4. The summed E-state index contributed by atoms with van der Waals surface area (Å²) < 4.78 is 7.55. The van der Waals surface area contributed by atoms with Gasteiger partial charge in [0.1, 0.15) is 23.1 Å². The average Bonchev–Trinajstić information content (AvgIpc) is 3.40. The second-order valence-corrected chi connectivity index (χ2v) is 8.34. The van der Waals surface area contributed by atoms with E-state index in [1.165, 1.54) is 12.0 Å². The standard InChI is InChI=1S/C23H24N6O4/c1-13-6-7-20-26-27-21(29(13)20)17-4-3-5-19(24-17)25-22(30)16-10-15-12-28(23(31)32)9-8-14(15)11-18(16)33-2/h3-5,10-11,13H,6-9,12H2,1-2H3,(H,31,32)(H,24,25,30)/t13-/m1/s1. The third kappa shape index (κ3) is 3.77. The second-order valence-electron chi connectivity index (χ2n) is 8.34. The van der Waals surface area contributed by atoms with Gasteiger partial charge in [0.2, 0.25) is 0 Å². The average molecular weight is 448 g/mol. The molecule has 2 aliphatic heterocycles. The maximum atomic E-state index is 13.1. The van der Waals surface area contributed by atoms with Gasteiger partial charge in [0.05, 0.1) is 12.7 Å². The van der Waals surface area contributed by atoms with Crippen LogP contribution in [0.15, 0.2) is 30.3 Å². The fourth-order valence-corrected chi connectivity index (χ4v) is 4.51. The number of nitrogens with one attached hydrogen (secondary N) is 1. The summed E-state index contributed by atoms with van der Waals surface area (Å²) in [5, 5.41) is 20.7. The van der Waals surface area contributed by atoms with Gasteiger partial charge < -0.3 is 24.6 Å². The lowest BCUT2D eigenvalue weighted by atomic mass is 9.96. The number of aromatic nitrogens is 4. The van der Waals surface area contributed by atoms with E-state index in [4.69, 9.17) is 4.74 Å². The van der Waals surface area contributed by atoms with E-state index in [2.05, 4.69) is 32.0 Å². The number of anilines is 1. The Labute approximate surface area is 190 Å². The van der Waals surface area contributed by atoms with E-state index in [1.807, 2.05) is 18.2 Å². The van der Waals surface area contributed by atoms with Crippen molar-refractivity contribution in [2.24, 2.45) is 0 Å². The third-order valence-corrected chi connectivity index (χ3v) is 6.26. The molecule has 1 atom stereocenters. The Morgan fingerprint density at radius 2 is 2.03 bits per heavy atom. The highest BCUT2D eigenvalue weighted by molar-refractivity contribution is 6.06. The molecule has 0 unspecified atom stereocenters. The summed E-state index contributed by atoms with van der Waals surface area (Å²) in [7, 11) is 1.51. The van der Waals surface area contributed by atoms with E-state index in [9.17, 15) is 14.7 Å². The molecule has 33 heavy (non-hydrogen) atoms. The number of ether oxygens (including phenoxy) is 1. The lowest BCUT2D eigenvalue weighted by Gasteiger charge is -2.27. The van der Waals surface area contributed by atoms with Crippen molar-refractivity contribution >= 4 is 17.8 Å². The predicted octanol–water partition coefficient (Wildman–Crippen LogP) is 3.14. The van der Waals surface area contributed by atoms with Crippen molar-refractivity contribution in [2.45, 2.75) is 38.8 Å². The van der Waals surface area contributed by atoms with E-state index in [1.54, 1.807) is 12.1 Å². The fourth-order valence-electron chi connectivity index (χ4n) is 4.51. The third-order valence-electron chi connectivity index (χ3n) is 6.26. The minimum Gasteiger partial charge on any atom is -0.496 e. The summed E-state index contributed by atoms with van der Waals surface area (Å²) in [6.45, 7) is 2.78. The molecule has 4 heterocycles. The minimum absolute atomic E-state index is 0.235. The van der Waals surface area contributed by atoms with Crippen LogP contribution in [0.25, 0.3) is 11.5 Å². The number of carbonyl (C=O) groups is 2. The number of fused-ring (bicyclic) bond motifs is 2. The summed E-state index contributed by atoms with van der Waals surface area (Å²) in [5.74, 6) is 2.07. The molecular weight excluding hydrogens is 424 g/mol. The molecule has 0 bridgehead atoms. The Kier molecular flexibility index (Phi) is 5.20. The summed E-state index contributed by atoms with van der Waals surface area (Å²) in [6, 6.07) is 9.19. The number of carboxylic acid groups (broad SMARTS) is 1. The first kappa shape index (κ1) is 20.9. The molecule has 5 rings (SSSR count). The molecule has 0 fully saturated rings.